The maximum absolute atomic E-state index is 13.0. The lowest BCUT2D eigenvalue weighted by molar-refractivity contribution is -0.142. The van der Waals surface area contributed by atoms with Gasteiger partial charge in [0.15, 0.2) is 6.61 Å². The lowest BCUT2D eigenvalue weighted by atomic mass is 10.1. The molecule has 0 unspecified atom stereocenters. The fourth-order valence-electron chi connectivity index (χ4n) is 2.86. The molecule has 0 fully saturated rings. The molecule has 0 aliphatic rings. The van der Waals surface area contributed by atoms with Crippen LogP contribution in [0, 0.1) is 0 Å². The molecule has 2 aromatic carbocycles. The standard InChI is InChI=1S/C23H29BrN2O3/c1-4-13-25-23(28)17(3)26(15-19-7-6-8-20(24)14-19)22(27)16-29-21-11-9-18(5-2)10-12-21/h6-12,14,17H,4-5,13,15-16H2,1-3H3,(H,25,28)/t17-/m0/s1. The lowest BCUT2D eigenvalue weighted by Gasteiger charge is -2.28. The highest BCUT2D eigenvalue weighted by Gasteiger charge is 2.26. The summed E-state index contributed by atoms with van der Waals surface area (Å²) < 4.78 is 6.62. The molecule has 156 valence electrons. The second kappa shape index (κ2) is 11.6. The van der Waals surface area contributed by atoms with Crippen LogP contribution in [0.25, 0.3) is 0 Å². The Morgan fingerprint density at radius 3 is 2.45 bits per heavy atom. The molecule has 0 aliphatic heterocycles. The number of halogens is 1. The summed E-state index contributed by atoms with van der Waals surface area (Å²) in [7, 11) is 0. The maximum Gasteiger partial charge on any atom is 0.261 e. The van der Waals surface area contributed by atoms with Crippen molar-refractivity contribution in [3.05, 3.63) is 64.1 Å². The van der Waals surface area contributed by atoms with E-state index in [2.05, 4.69) is 28.2 Å². The zero-order valence-corrected chi connectivity index (χ0v) is 18.9. The zero-order valence-electron chi connectivity index (χ0n) is 17.3. The van der Waals surface area contributed by atoms with Crippen molar-refractivity contribution in [2.45, 2.75) is 46.2 Å². The number of amides is 2. The van der Waals surface area contributed by atoms with Gasteiger partial charge in [0.2, 0.25) is 5.91 Å². The number of nitrogens with one attached hydrogen (secondary N) is 1. The summed E-state index contributed by atoms with van der Waals surface area (Å²) >= 11 is 3.45. The molecule has 0 saturated carbocycles. The molecule has 0 saturated heterocycles. The first-order valence-corrected chi connectivity index (χ1v) is 10.8. The van der Waals surface area contributed by atoms with Crippen molar-refractivity contribution in [2.24, 2.45) is 0 Å². The summed E-state index contributed by atoms with van der Waals surface area (Å²) in [6, 6.07) is 14.8. The number of carbonyl (C=O) groups excluding carboxylic acids is 2. The second-order valence-electron chi connectivity index (χ2n) is 6.90. The molecular formula is C23H29BrN2O3. The number of aryl methyl sites for hydroxylation is 1. The number of benzene rings is 2. The molecular weight excluding hydrogens is 432 g/mol. The molecule has 0 aromatic heterocycles. The Labute approximate surface area is 181 Å². The van der Waals surface area contributed by atoms with Crippen LogP contribution >= 0.6 is 15.9 Å². The Kier molecular flexibility index (Phi) is 9.19. The third kappa shape index (κ3) is 7.20. The fraction of sp³-hybridized carbons (Fsp3) is 0.391. The van der Waals surface area contributed by atoms with E-state index >= 15 is 0 Å². The summed E-state index contributed by atoms with van der Waals surface area (Å²) in [5.41, 5.74) is 2.15. The van der Waals surface area contributed by atoms with E-state index in [9.17, 15) is 9.59 Å². The predicted molar refractivity (Wildman–Crippen MR) is 119 cm³/mol. The monoisotopic (exact) mass is 460 g/mol. The number of hydrogen-bond donors (Lipinski definition) is 1. The van der Waals surface area contributed by atoms with Gasteiger partial charge in [-0.1, -0.05) is 54.0 Å². The van der Waals surface area contributed by atoms with Crippen molar-refractivity contribution in [2.75, 3.05) is 13.2 Å². The molecule has 2 aromatic rings. The molecule has 5 nitrogen and oxygen atoms in total. The van der Waals surface area contributed by atoms with E-state index in [1.807, 2.05) is 55.5 Å². The van der Waals surface area contributed by atoms with Crippen LogP contribution in [0.3, 0.4) is 0 Å². The number of nitrogens with zero attached hydrogens (tertiary/aromatic N) is 1. The van der Waals surface area contributed by atoms with E-state index in [-0.39, 0.29) is 18.4 Å². The van der Waals surface area contributed by atoms with Crippen molar-refractivity contribution < 1.29 is 14.3 Å². The topological polar surface area (TPSA) is 58.6 Å². The van der Waals surface area contributed by atoms with E-state index in [1.165, 1.54) is 5.56 Å². The van der Waals surface area contributed by atoms with Gasteiger partial charge in [-0.25, -0.2) is 0 Å². The highest BCUT2D eigenvalue weighted by molar-refractivity contribution is 9.10. The van der Waals surface area contributed by atoms with Crippen LogP contribution in [0.5, 0.6) is 5.75 Å². The smallest absolute Gasteiger partial charge is 0.261 e. The summed E-state index contributed by atoms with van der Waals surface area (Å²) in [6.45, 7) is 6.62. The first kappa shape index (κ1) is 22.9. The Balaban J connectivity index is 2.11. The Morgan fingerprint density at radius 1 is 1.10 bits per heavy atom. The Hall–Kier alpha value is -2.34. The largest absolute Gasteiger partial charge is 0.484 e. The van der Waals surface area contributed by atoms with Gasteiger partial charge in [0.1, 0.15) is 11.8 Å². The third-order valence-corrected chi connectivity index (χ3v) is 5.15. The number of carbonyl (C=O) groups is 2. The SMILES string of the molecule is CCCNC(=O)[C@H](C)N(Cc1cccc(Br)c1)C(=O)COc1ccc(CC)cc1. The third-order valence-electron chi connectivity index (χ3n) is 4.65. The van der Waals surface area contributed by atoms with Crippen LogP contribution in [-0.2, 0) is 22.6 Å². The lowest BCUT2D eigenvalue weighted by Crippen LogP contribution is -2.49. The second-order valence-corrected chi connectivity index (χ2v) is 7.82. The van der Waals surface area contributed by atoms with E-state index in [0.717, 1.165) is 22.9 Å². The van der Waals surface area contributed by atoms with Crippen LogP contribution < -0.4 is 10.1 Å². The highest BCUT2D eigenvalue weighted by Crippen LogP contribution is 2.17. The molecule has 0 aliphatic carbocycles. The Bertz CT molecular complexity index is 808. The fourth-order valence-corrected chi connectivity index (χ4v) is 3.31. The molecule has 6 heteroatoms. The molecule has 0 spiro atoms. The van der Waals surface area contributed by atoms with Crippen LogP contribution in [0.15, 0.2) is 53.0 Å². The van der Waals surface area contributed by atoms with Gasteiger partial charge in [-0.15, -0.1) is 0 Å². The van der Waals surface area contributed by atoms with Crippen molar-refractivity contribution >= 4 is 27.7 Å². The number of rotatable bonds is 10. The van der Waals surface area contributed by atoms with Crippen molar-refractivity contribution in [3.63, 3.8) is 0 Å². The summed E-state index contributed by atoms with van der Waals surface area (Å²) in [5.74, 6) is 0.243. The molecule has 0 radical (unpaired) electrons. The minimum Gasteiger partial charge on any atom is -0.484 e. The molecule has 2 rings (SSSR count). The zero-order chi connectivity index (χ0) is 21.2. The van der Waals surface area contributed by atoms with E-state index in [0.29, 0.717) is 18.8 Å². The first-order valence-electron chi connectivity index (χ1n) is 9.98. The van der Waals surface area contributed by atoms with Gasteiger partial charge in [0.05, 0.1) is 0 Å². The minimum atomic E-state index is -0.598. The Morgan fingerprint density at radius 2 is 1.83 bits per heavy atom. The summed E-state index contributed by atoms with van der Waals surface area (Å²) in [6.07, 6.45) is 1.79. The van der Waals surface area contributed by atoms with Gasteiger partial charge >= 0.3 is 0 Å². The van der Waals surface area contributed by atoms with Crippen molar-refractivity contribution in [1.29, 1.82) is 0 Å². The molecule has 1 N–H and O–H groups in total. The van der Waals surface area contributed by atoms with Crippen LogP contribution in [-0.4, -0.2) is 35.9 Å². The first-order chi connectivity index (χ1) is 13.9. The molecule has 2 amide bonds. The van der Waals surface area contributed by atoms with Crippen molar-refractivity contribution in [3.8, 4) is 5.75 Å². The van der Waals surface area contributed by atoms with Crippen LogP contribution in [0.2, 0.25) is 0 Å². The average molecular weight is 461 g/mol. The van der Waals surface area contributed by atoms with Gasteiger partial charge in [-0.3, -0.25) is 9.59 Å². The van der Waals surface area contributed by atoms with E-state index in [1.54, 1.807) is 11.8 Å². The number of hydrogen-bond acceptors (Lipinski definition) is 3. The van der Waals surface area contributed by atoms with Gasteiger partial charge in [-0.2, -0.15) is 0 Å². The van der Waals surface area contributed by atoms with Crippen LogP contribution in [0.4, 0.5) is 0 Å². The van der Waals surface area contributed by atoms with E-state index in [4.69, 9.17) is 4.74 Å². The average Bonchev–Trinajstić information content (AvgIpc) is 2.74. The minimum absolute atomic E-state index is 0.120. The summed E-state index contributed by atoms with van der Waals surface area (Å²) in [5, 5.41) is 2.87. The van der Waals surface area contributed by atoms with Crippen molar-refractivity contribution in [1.82, 2.24) is 10.2 Å². The van der Waals surface area contributed by atoms with Gasteiger partial charge < -0.3 is 15.0 Å². The van der Waals surface area contributed by atoms with Crippen LogP contribution in [0.1, 0.15) is 38.3 Å². The van der Waals surface area contributed by atoms with Gasteiger partial charge in [0.25, 0.3) is 5.91 Å². The predicted octanol–water partition coefficient (Wildman–Crippen LogP) is 4.33. The number of ether oxygens (including phenoxy) is 1. The highest BCUT2D eigenvalue weighted by atomic mass is 79.9. The molecule has 1 atom stereocenters. The van der Waals surface area contributed by atoms with Gasteiger partial charge in [0, 0.05) is 17.6 Å². The van der Waals surface area contributed by atoms with Gasteiger partial charge in [-0.05, 0) is 55.2 Å². The molecule has 29 heavy (non-hydrogen) atoms. The van der Waals surface area contributed by atoms with E-state index < -0.39 is 6.04 Å². The molecule has 0 bridgehead atoms. The summed E-state index contributed by atoms with van der Waals surface area (Å²) in [4.78, 5) is 27.0. The molecule has 0 heterocycles. The maximum atomic E-state index is 13.0. The quantitative estimate of drug-likeness (QED) is 0.573. The normalized spacial score (nSPS) is 11.6.